The summed E-state index contributed by atoms with van der Waals surface area (Å²) in [6, 6.07) is 14.5. The van der Waals surface area contributed by atoms with Gasteiger partial charge in [-0.2, -0.15) is 0 Å². The van der Waals surface area contributed by atoms with Crippen LogP contribution in [0.25, 0.3) is 0 Å². The van der Waals surface area contributed by atoms with Crippen LogP contribution in [-0.2, 0) is 16.1 Å². The fourth-order valence-corrected chi connectivity index (χ4v) is 3.24. The molecular weight excluding hydrogens is 412 g/mol. The van der Waals surface area contributed by atoms with Gasteiger partial charge >= 0.3 is 0 Å². The molecule has 1 N–H and O–H groups in total. The third kappa shape index (κ3) is 8.25. The number of hydrogen-bond acceptors (Lipinski definition) is 3. The Labute approximate surface area is 190 Å². The highest BCUT2D eigenvalue weighted by atomic mass is 35.5. The van der Waals surface area contributed by atoms with Crippen LogP contribution in [0.5, 0.6) is 5.75 Å². The van der Waals surface area contributed by atoms with Gasteiger partial charge in [-0.15, -0.1) is 0 Å². The van der Waals surface area contributed by atoms with E-state index in [1.807, 2.05) is 52.0 Å². The van der Waals surface area contributed by atoms with Crippen molar-refractivity contribution >= 4 is 23.4 Å². The molecule has 5 nitrogen and oxygen atoms in total. The summed E-state index contributed by atoms with van der Waals surface area (Å²) in [4.78, 5) is 27.5. The summed E-state index contributed by atoms with van der Waals surface area (Å²) >= 11 is 5.88. The number of nitrogens with zero attached hydrogens (tertiary/aromatic N) is 1. The normalized spacial score (nSPS) is 12.2. The lowest BCUT2D eigenvalue weighted by atomic mass is 10.1. The number of rotatable bonds is 9. The minimum absolute atomic E-state index is 0.0699. The Hall–Kier alpha value is -2.53. The topological polar surface area (TPSA) is 58.6 Å². The zero-order valence-electron chi connectivity index (χ0n) is 19.1. The van der Waals surface area contributed by atoms with Crippen LogP contribution in [-0.4, -0.2) is 34.9 Å². The van der Waals surface area contributed by atoms with Gasteiger partial charge in [-0.05, 0) is 76.4 Å². The van der Waals surface area contributed by atoms with E-state index in [1.54, 1.807) is 36.1 Å². The molecule has 2 aromatic rings. The van der Waals surface area contributed by atoms with Crippen molar-refractivity contribution in [3.05, 3.63) is 64.7 Å². The van der Waals surface area contributed by atoms with Gasteiger partial charge in [0.1, 0.15) is 11.8 Å². The highest BCUT2D eigenvalue weighted by molar-refractivity contribution is 6.30. The first-order valence-electron chi connectivity index (χ1n) is 10.6. The number of benzene rings is 2. The highest BCUT2D eigenvalue weighted by Crippen LogP contribution is 2.18. The molecule has 168 valence electrons. The van der Waals surface area contributed by atoms with Gasteiger partial charge in [0.05, 0.1) is 6.61 Å². The first-order valence-corrected chi connectivity index (χ1v) is 11.0. The fraction of sp³-hybridized carbons (Fsp3) is 0.440. The van der Waals surface area contributed by atoms with Gasteiger partial charge in [0.25, 0.3) is 0 Å². The van der Waals surface area contributed by atoms with E-state index in [2.05, 4.69) is 5.32 Å². The summed E-state index contributed by atoms with van der Waals surface area (Å²) in [6.45, 7) is 10.4. The maximum atomic E-state index is 13.1. The van der Waals surface area contributed by atoms with E-state index in [0.29, 0.717) is 36.8 Å². The van der Waals surface area contributed by atoms with Crippen LogP contribution in [0.1, 0.15) is 51.7 Å². The number of halogens is 1. The molecule has 0 saturated heterocycles. The molecule has 6 heteroatoms. The van der Waals surface area contributed by atoms with Gasteiger partial charge in [-0.25, -0.2) is 0 Å². The van der Waals surface area contributed by atoms with E-state index in [-0.39, 0.29) is 17.4 Å². The maximum Gasteiger partial charge on any atom is 0.242 e. The summed E-state index contributed by atoms with van der Waals surface area (Å²) in [6.07, 6.45) is 0.853. The van der Waals surface area contributed by atoms with Crippen LogP contribution in [0.4, 0.5) is 0 Å². The second kappa shape index (κ2) is 11.2. The zero-order valence-corrected chi connectivity index (χ0v) is 19.8. The van der Waals surface area contributed by atoms with Crippen molar-refractivity contribution in [2.45, 2.75) is 65.6 Å². The molecule has 0 aliphatic carbocycles. The predicted molar refractivity (Wildman–Crippen MR) is 125 cm³/mol. The Kier molecular flexibility index (Phi) is 8.93. The van der Waals surface area contributed by atoms with Gasteiger partial charge in [0.15, 0.2) is 0 Å². The van der Waals surface area contributed by atoms with Crippen molar-refractivity contribution in [3.63, 3.8) is 0 Å². The molecule has 0 fully saturated rings. The molecule has 1 atom stereocenters. The fourth-order valence-electron chi connectivity index (χ4n) is 3.12. The molecule has 0 aliphatic heterocycles. The Balaban J connectivity index is 2.03. The highest BCUT2D eigenvalue weighted by Gasteiger charge is 2.28. The van der Waals surface area contributed by atoms with Crippen molar-refractivity contribution in [3.8, 4) is 5.75 Å². The van der Waals surface area contributed by atoms with Crippen LogP contribution in [0.2, 0.25) is 5.02 Å². The van der Waals surface area contributed by atoms with E-state index in [0.717, 1.165) is 11.1 Å². The molecule has 0 saturated carbocycles. The maximum absolute atomic E-state index is 13.1. The molecule has 1 unspecified atom stereocenters. The van der Waals surface area contributed by atoms with Crippen molar-refractivity contribution in [1.29, 1.82) is 0 Å². The van der Waals surface area contributed by atoms with E-state index < -0.39 is 6.04 Å². The van der Waals surface area contributed by atoms with E-state index >= 15 is 0 Å². The third-order valence-corrected chi connectivity index (χ3v) is 5.14. The SMILES string of the molecule is Cc1ccccc1CN(C(=O)CCCOc1ccc(Cl)cc1)C(C)C(=O)NC(C)(C)C. The van der Waals surface area contributed by atoms with E-state index in [1.165, 1.54) is 0 Å². The summed E-state index contributed by atoms with van der Waals surface area (Å²) in [7, 11) is 0. The minimum atomic E-state index is -0.580. The van der Waals surface area contributed by atoms with E-state index in [9.17, 15) is 9.59 Å². The summed E-state index contributed by atoms with van der Waals surface area (Å²) < 4.78 is 5.69. The minimum Gasteiger partial charge on any atom is -0.494 e. The quantitative estimate of drug-likeness (QED) is 0.545. The molecule has 0 heterocycles. The zero-order chi connectivity index (χ0) is 23.0. The second-order valence-electron chi connectivity index (χ2n) is 8.77. The van der Waals surface area contributed by atoms with Crippen LogP contribution in [0.3, 0.4) is 0 Å². The van der Waals surface area contributed by atoms with Crippen LogP contribution in [0, 0.1) is 6.92 Å². The molecule has 31 heavy (non-hydrogen) atoms. The lowest BCUT2D eigenvalue weighted by Crippen LogP contribution is -2.52. The molecule has 0 aromatic heterocycles. The number of nitrogens with one attached hydrogen (secondary N) is 1. The molecule has 0 radical (unpaired) electrons. The van der Waals surface area contributed by atoms with Crippen molar-refractivity contribution in [2.75, 3.05) is 6.61 Å². The van der Waals surface area contributed by atoms with E-state index in [4.69, 9.17) is 16.3 Å². The standard InChI is InChI=1S/C25H33ClN2O3/c1-18-9-6-7-10-20(18)17-28(19(2)24(30)27-25(3,4)5)23(29)11-8-16-31-22-14-12-21(26)13-15-22/h6-7,9-10,12-15,19H,8,11,16-17H2,1-5H3,(H,27,30). The van der Waals surface area contributed by atoms with Crippen molar-refractivity contribution < 1.29 is 14.3 Å². The molecule has 2 amide bonds. The van der Waals surface area contributed by atoms with Crippen LogP contribution in [0.15, 0.2) is 48.5 Å². The number of aryl methyl sites for hydroxylation is 1. The Morgan fingerprint density at radius 1 is 1.10 bits per heavy atom. The Morgan fingerprint density at radius 3 is 2.35 bits per heavy atom. The monoisotopic (exact) mass is 444 g/mol. The summed E-state index contributed by atoms with van der Waals surface area (Å²) in [5.41, 5.74) is 1.76. The van der Waals surface area contributed by atoms with Gasteiger partial charge in [-0.1, -0.05) is 35.9 Å². The number of carbonyl (C=O) groups is 2. The van der Waals surface area contributed by atoms with Crippen molar-refractivity contribution in [1.82, 2.24) is 10.2 Å². The lowest BCUT2D eigenvalue weighted by molar-refractivity contribution is -0.141. The number of carbonyl (C=O) groups excluding carboxylic acids is 2. The number of amides is 2. The largest absolute Gasteiger partial charge is 0.494 e. The molecule has 0 spiro atoms. The van der Waals surface area contributed by atoms with Crippen molar-refractivity contribution in [2.24, 2.45) is 0 Å². The van der Waals surface area contributed by atoms with Gasteiger partial charge in [0, 0.05) is 23.5 Å². The average molecular weight is 445 g/mol. The molecular formula is C25H33ClN2O3. The number of hydrogen-bond donors (Lipinski definition) is 1. The Morgan fingerprint density at radius 2 is 1.74 bits per heavy atom. The Bertz CT molecular complexity index is 875. The summed E-state index contributed by atoms with van der Waals surface area (Å²) in [5, 5.41) is 3.63. The van der Waals surface area contributed by atoms with Crippen LogP contribution >= 0.6 is 11.6 Å². The average Bonchev–Trinajstić information content (AvgIpc) is 2.70. The van der Waals surface area contributed by atoms with Gasteiger partial charge < -0.3 is 15.0 Å². The first-order chi connectivity index (χ1) is 14.6. The van der Waals surface area contributed by atoms with Gasteiger partial charge in [-0.3, -0.25) is 9.59 Å². The molecule has 2 rings (SSSR count). The summed E-state index contributed by atoms with van der Waals surface area (Å²) in [5.74, 6) is 0.484. The predicted octanol–water partition coefficient (Wildman–Crippen LogP) is 5.14. The lowest BCUT2D eigenvalue weighted by Gasteiger charge is -2.32. The smallest absolute Gasteiger partial charge is 0.242 e. The van der Waals surface area contributed by atoms with Crippen LogP contribution < -0.4 is 10.1 Å². The molecule has 0 bridgehead atoms. The second-order valence-corrected chi connectivity index (χ2v) is 9.21. The molecule has 2 aromatic carbocycles. The molecule has 0 aliphatic rings. The van der Waals surface area contributed by atoms with Gasteiger partial charge in [0.2, 0.25) is 11.8 Å². The number of ether oxygens (including phenoxy) is 1. The first kappa shape index (κ1) is 24.7. The third-order valence-electron chi connectivity index (χ3n) is 4.88.